The first-order valence-corrected chi connectivity index (χ1v) is 13.9. The van der Waals surface area contributed by atoms with Crippen LogP contribution < -0.4 is 19.1 Å². The number of aliphatic hydroxyl groups excluding tert-OH is 1. The normalized spacial score (nSPS) is 19.2. The number of methoxy groups -OCH3 is 1. The predicted octanol–water partition coefficient (Wildman–Crippen LogP) is 5.38. The molecule has 1 saturated heterocycles. The average Bonchev–Trinajstić information content (AvgIpc) is 3.65. The van der Waals surface area contributed by atoms with Gasteiger partial charge in [0.25, 0.3) is 5.78 Å². The van der Waals surface area contributed by atoms with Crippen molar-refractivity contribution in [2.45, 2.75) is 39.0 Å². The fourth-order valence-electron chi connectivity index (χ4n) is 5.16. The maximum atomic E-state index is 13.5. The molecule has 9 nitrogen and oxygen atoms in total. The number of carbonyl (C=O) groups excluding carboxylic acids is 2. The van der Waals surface area contributed by atoms with Crippen LogP contribution >= 0.6 is 11.3 Å². The number of ether oxygens (including phenoxy) is 3. The second-order valence-corrected chi connectivity index (χ2v) is 11.1. The SMILES string of the molecule is COc1cc(C2/C(=C(/O)c3ccc4c(c3)CC(C)O4)C(=O)C(=O)N2c2nnc(C)s2)ccc1OCc1ccccc1. The van der Waals surface area contributed by atoms with Crippen LogP contribution in [0.2, 0.25) is 0 Å². The lowest BCUT2D eigenvalue weighted by Crippen LogP contribution is -2.29. The Morgan fingerprint density at radius 1 is 1.07 bits per heavy atom. The molecule has 0 spiro atoms. The summed E-state index contributed by atoms with van der Waals surface area (Å²) in [5.41, 5.74) is 2.84. The van der Waals surface area contributed by atoms with Gasteiger partial charge in [0.15, 0.2) is 11.5 Å². The highest BCUT2D eigenvalue weighted by Crippen LogP contribution is 2.45. The van der Waals surface area contributed by atoms with Crippen LogP contribution in [-0.4, -0.2) is 40.2 Å². The van der Waals surface area contributed by atoms with Crippen LogP contribution in [0, 0.1) is 6.92 Å². The summed E-state index contributed by atoms with van der Waals surface area (Å²) >= 11 is 1.19. The molecule has 2 unspecified atom stereocenters. The smallest absolute Gasteiger partial charge is 0.301 e. The number of rotatable bonds is 7. The molecule has 1 N–H and O–H groups in total. The van der Waals surface area contributed by atoms with Crippen molar-refractivity contribution in [2.24, 2.45) is 0 Å². The third-order valence-corrected chi connectivity index (χ3v) is 7.91. The molecule has 4 aromatic rings. The minimum absolute atomic E-state index is 0.0173. The summed E-state index contributed by atoms with van der Waals surface area (Å²) in [7, 11) is 1.52. The second kappa shape index (κ2) is 10.7. The first-order chi connectivity index (χ1) is 19.8. The third kappa shape index (κ3) is 4.91. The third-order valence-electron chi connectivity index (χ3n) is 7.08. The molecule has 0 aliphatic carbocycles. The average molecular weight is 570 g/mol. The van der Waals surface area contributed by atoms with E-state index in [0.29, 0.717) is 40.7 Å². The zero-order valence-corrected chi connectivity index (χ0v) is 23.5. The Bertz CT molecular complexity index is 1680. The van der Waals surface area contributed by atoms with Crippen molar-refractivity contribution in [1.29, 1.82) is 0 Å². The molecule has 41 heavy (non-hydrogen) atoms. The number of hydrogen-bond donors (Lipinski definition) is 1. The fourth-order valence-corrected chi connectivity index (χ4v) is 5.88. The fraction of sp³-hybridized carbons (Fsp3) is 0.226. The number of amides is 1. The van der Waals surface area contributed by atoms with Gasteiger partial charge in [-0.05, 0) is 60.9 Å². The van der Waals surface area contributed by atoms with Crippen molar-refractivity contribution in [1.82, 2.24) is 10.2 Å². The van der Waals surface area contributed by atoms with E-state index in [4.69, 9.17) is 14.2 Å². The molecule has 2 aliphatic rings. The summed E-state index contributed by atoms with van der Waals surface area (Å²) in [6.07, 6.45) is 0.698. The lowest BCUT2D eigenvalue weighted by molar-refractivity contribution is -0.132. The topological polar surface area (TPSA) is 111 Å². The Hall–Kier alpha value is -4.70. The van der Waals surface area contributed by atoms with Crippen molar-refractivity contribution in [3.8, 4) is 17.2 Å². The number of hydrogen-bond acceptors (Lipinski definition) is 9. The highest BCUT2D eigenvalue weighted by molar-refractivity contribution is 7.15. The number of aliphatic hydroxyl groups is 1. The van der Waals surface area contributed by atoms with Crippen LogP contribution in [0.1, 0.15) is 40.2 Å². The van der Waals surface area contributed by atoms with Gasteiger partial charge < -0.3 is 19.3 Å². The first kappa shape index (κ1) is 26.5. The Balaban J connectivity index is 1.44. The maximum absolute atomic E-state index is 13.5. The van der Waals surface area contributed by atoms with Crippen LogP contribution in [0.25, 0.3) is 5.76 Å². The predicted molar refractivity (Wildman–Crippen MR) is 153 cm³/mol. The largest absolute Gasteiger partial charge is 0.507 e. The Labute approximate surface area is 240 Å². The van der Waals surface area contributed by atoms with Gasteiger partial charge in [0.2, 0.25) is 5.13 Å². The lowest BCUT2D eigenvalue weighted by atomic mass is 9.94. The van der Waals surface area contributed by atoms with E-state index in [9.17, 15) is 14.7 Å². The molecule has 208 valence electrons. The number of fused-ring (bicyclic) bond motifs is 1. The highest BCUT2D eigenvalue weighted by atomic mass is 32.1. The number of carbonyl (C=O) groups is 2. The van der Waals surface area contributed by atoms with Gasteiger partial charge in [0.1, 0.15) is 29.2 Å². The summed E-state index contributed by atoms with van der Waals surface area (Å²) in [4.78, 5) is 28.3. The van der Waals surface area contributed by atoms with Crippen molar-refractivity contribution < 1.29 is 28.9 Å². The van der Waals surface area contributed by atoms with Crippen molar-refractivity contribution in [3.05, 3.63) is 99.6 Å². The second-order valence-electron chi connectivity index (χ2n) is 9.91. The first-order valence-electron chi connectivity index (χ1n) is 13.1. The Morgan fingerprint density at radius 3 is 2.61 bits per heavy atom. The van der Waals surface area contributed by atoms with Crippen LogP contribution in [-0.2, 0) is 22.6 Å². The van der Waals surface area contributed by atoms with Crippen molar-refractivity contribution in [2.75, 3.05) is 12.0 Å². The van der Waals surface area contributed by atoms with Gasteiger partial charge in [-0.2, -0.15) is 0 Å². The number of benzene rings is 3. The van der Waals surface area contributed by atoms with Gasteiger partial charge in [-0.1, -0.05) is 47.7 Å². The molecule has 10 heteroatoms. The minimum Gasteiger partial charge on any atom is -0.507 e. The molecule has 3 aromatic carbocycles. The molecule has 0 saturated carbocycles. The number of ketones is 1. The summed E-state index contributed by atoms with van der Waals surface area (Å²) in [6, 6.07) is 19.2. The van der Waals surface area contributed by atoms with Gasteiger partial charge in [-0.3, -0.25) is 14.5 Å². The molecule has 1 amide bonds. The van der Waals surface area contributed by atoms with Gasteiger partial charge in [0, 0.05) is 12.0 Å². The van der Waals surface area contributed by atoms with Crippen LogP contribution in [0.15, 0.2) is 72.3 Å². The zero-order valence-electron chi connectivity index (χ0n) is 22.7. The van der Waals surface area contributed by atoms with Crippen molar-refractivity contribution in [3.63, 3.8) is 0 Å². The summed E-state index contributed by atoms with van der Waals surface area (Å²) in [5, 5.41) is 20.6. The molecule has 1 fully saturated rings. The molecule has 0 bridgehead atoms. The van der Waals surface area contributed by atoms with Gasteiger partial charge in [0.05, 0.1) is 18.7 Å². The van der Waals surface area contributed by atoms with Crippen molar-refractivity contribution >= 4 is 33.9 Å². The number of nitrogens with zero attached hydrogens (tertiary/aromatic N) is 3. The van der Waals surface area contributed by atoms with E-state index in [0.717, 1.165) is 16.9 Å². The van der Waals surface area contributed by atoms with E-state index in [1.54, 1.807) is 43.3 Å². The summed E-state index contributed by atoms with van der Waals surface area (Å²) in [5.74, 6) is -0.227. The molecule has 6 rings (SSSR count). The van der Waals surface area contributed by atoms with Gasteiger partial charge >= 0.3 is 5.91 Å². The van der Waals surface area contributed by atoms with Crippen LogP contribution in [0.5, 0.6) is 17.2 Å². The quantitative estimate of drug-likeness (QED) is 0.179. The van der Waals surface area contributed by atoms with Crippen LogP contribution in [0.3, 0.4) is 0 Å². The monoisotopic (exact) mass is 569 g/mol. The Kier molecular flexibility index (Phi) is 6.92. The van der Waals surface area contributed by atoms with E-state index in [1.165, 1.54) is 23.3 Å². The van der Waals surface area contributed by atoms with E-state index in [1.807, 2.05) is 37.3 Å². The molecule has 0 radical (unpaired) electrons. The van der Waals surface area contributed by atoms with Gasteiger partial charge in [-0.25, -0.2) is 0 Å². The highest BCUT2D eigenvalue weighted by Gasteiger charge is 2.48. The van der Waals surface area contributed by atoms with E-state index >= 15 is 0 Å². The standard InChI is InChI=1S/C31H27N3O6S/c1-17-13-22-14-21(10-11-23(22)40-17)28(35)26-27(34(30(37)29(26)36)31-33-32-18(2)41-31)20-9-12-24(25(15-20)38-3)39-16-19-7-5-4-6-8-19/h4-12,14-15,17,27,35H,13,16H2,1-3H3/b28-26-. The molecule has 2 atom stereocenters. The number of aryl methyl sites for hydroxylation is 1. The number of Topliss-reactive ketones (excluding diaryl/α,β-unsaturated/α-hetero) is 1. The van der Waals surface area contributed by atoms with E-state index < -0.39 is 17.7 Å². The summed E-state index contributed by atoms with van der Waals surface area (Å²) < 4.78 is 17.5. The maximum Gasteiger partial charge on any atom is 0.301 e. The minimum atomic E-state index is -0.970. The molecule has 2 aliphatic heterocycles. The molecule has 3 heterocycles. The molecule has 1 aromatic heterocycles. The summed E-state index contributed by atoms with van der Waals surface area (Å²) in [6.45, 7) is 4.07. The van der Waals surface area contributed by atoms with E-state index in [-0.39, 0.29) is 22.6 Å². The number of anilines is 1. The lowest BCUT2D eigenvalue weighted by Gasteiger charge is -2.23. The number of aromatic nitrogens is 2. The molecular weight excluding hydrogens is 542 g/mol. The van der Waals surface area contributed by atoms with Crippen LogP contribution in [0.4, 0.5) is 5.13 Å². The molecular formula is C31H27N3O6S. The Morgan fingerprint density at radius 2 is 1.88 bits per heavy atom. The zero-order chi connectivity index (χ0) is 28.7. The van der Waals surface area contributed by atoms with Gasteiger partial charge in [-0.15, -0.1) is 10.2 Å². The van der Waals surface area contributed by atoms with E-state index in [2.05, 4.69) is 10.2 Å².